The second kappa shape index (κ2) is 17.7. The minimum absolute atomic E-state index is 0.634. The van der Waals surface area contributed by atoms with Crippen molar-refractivity contribution in [3.63, 3.8) is 0 Å². The van der Waals surface area contributed by atoms with Crippen molar-refractivity contribution in [2.45, 2.75) is 84.0 Å². The van der Waals surface area contributed by atoms with Gasteiger partial charge in [0.2, 0.25) is 0 Å². The Morgan fingerprint density at radius 3 is 2.05 bits per heavy atom. The van der Waals surface area contributed by atoms with E-state index in [1.165, 1.54) is 44.9 Å². The van der Waals surface area contributed by atoms with Crippen LogP contribution in [0.1, 0.15) is 84.0 Å². The van der Waals surface area contributed by atoms with Gasteiger partial charge in [-0.1, -0.05) is 44.1 Å². The van der Waals surface area contributed by atoms with Gasteiger partial charge in [-0.15, -0.1) is 0 Å². The van der Waals surface area contributed by atoms with Gasteiger partial charge < -0.3 is 4.79 Å². The minimum Gasteiger partial charge on any atom is -0.303 e. The van der Waals surface area contributed by atoms with Gasteiger partial charge in [0.1, 0.15) is 6.29 Å². The van der Waals surface area contributed by atoms with E-state index in [-0.39, 0.29) is 0 Å². The van der Waals surface area contributed by atoms with Gasteiger partial charge in [-0.3, -0.25) is 0 Å². The van der Waals surface area contributed by atoms with Gasteiger partial charge in [-0.05, 0) is 57.3 Å². The quantitative estimate of drug-likeness (QED) is 0.207. The highest BCUT2D eigenvalue weighted by atomic mass is 16.1. The first kappa shape index (κ1) is 20.6. The van der Waals surface area contributed by atoms with Crippen LogP contribution in [0, 0.1) is 17.2 Å². The fraction of sp³-hybridized carbons (Fsp3) is 0.700. The topological polar surface area (TPSA) is 40.9 Å². The molecule has 0 amide bonds. The number of hydrogen-bond acceptors (Lipinski definition) is 2. The predicted octanol–water partition coefficient (Wildman–Crippen LogP) is 6.14. The molecule has 0 aromatic heterocycles. The number of allylic oxidation sites excluding steroid dienone is 4. The molecule has 0 aliphatic heterocycles. The van der Waals surface area contributed by atoms with E-state index in [0.717, 1.165) is 37.9 Å². The summed E-state index contributed by atoms with van der Waals surface area (Å²) >= 11 is 0. The van der Waals surface area contributed by atoms with Crippen LogP contribution >= 0.6 is 0 Å². The molecule has 0 rings (SSSR count). The number of hydrogen-bond donors (Lipinski definition) is 0. The van der Waals surface area contributed by atoms with Crippen molar-refractivity contribution in [3.05, 3.63) is 24.3 Å². The summed E-state index contributed by atoms with van der Waals surface area (Å²) in [5.41, 5.74) is 0. The summed E-state index contributed by atoms with van der Waals surface area (Å²) in [5.74, 6) is 0.773. The molecule has 0 aliphatic carbocycles. The molecule has 0 aromatic carbocycles. The Morgan fingerprint density at radius 1 is 0.818 bits per heavy atom. The number of rotatable bonds is 15. The Balaban J connectivity index is 3.31. The fourth-order valence-corrected chi connectivity index (χ4v) is 2.39. The SMILES string of the molecule is CC(CC/C=C\CCCC/C=C\CCC#N)CCCCC=O. The Morgan fingerprint density at radius 2 is 1.41 bits per heavy atom. The first-order chi connectivity index (χ1) is 10.8. The van der Waals surface area contributed by atoms with E-state index in [9.17, 15) is 4.79 Å². The van der Waals surface area contributed by atoms with Crippen LogP contribution in [-0.4, -0.2) is 6.29 Å². The molecule has 0 heterocycles. The summed E-state index contributed by atoms with van der Waals surface area (Å²) in [6, 6.07) is 2.15. The summed E-state index contributed by atoms with van der Waals surface area (Å²) in [6.07, 6.45) is 23.0. The molecule has 1 unspecified atom stereocenters. The fourth-order valence-electron chi connectivity index (χ4n) is 2.39. The average Bonchev–Trinajstić information content (AvgIpc) is 2.52. The third-order valence-corrected chi connectivity index (χ3v) is 3.84. The van der Waals surface area contributed by atoms with E-state index in [2.05, 4.69) is 37.3 Å². The second-order valence-electron chi connectivity index (χ2n) is 6.06. The van der Waals surface area contributed by atoms with Crippen LogP contribution in [0.3, 0.4) is 0 Å². The van der Waals surface area contributed by atoms with Crippen molar-refractivity contribution in [2.24, 2.45) is 5.92 Å². The summed E-state index contributed by atoms with van der Waals surface area (Å²) in [7, 11) is 0. The molecule has 0 aromatic rings. The third-order valence-electron chi connectivity index (χ3n) is 3.84. The molecule has 0 radical (unpaired) electrons. The van der Waals surface area contributed by atoms with Crippen molar-refractivity contribution in [2.75, 3.05) is 0 Å². The number of carbonyl (C=O) groups excluding carboxylic acids is 1. The van der Waals surface area contributed by atoms with Crippen LogP contribution < -0.4 is 0 Å². The van der Waals surface area contributed by atoms with Gasteiger partial charge in [-0.25, -0.2) is 0 Å². The average molecular weight is 303 g/mol. The number of nitriles is 1. The number of aldehydes is 1. The maximum atomic E-state index is 10.2. The standard InChI is InChI=1S/C20H33NO/c1-20(17-13-11-15-19-22)16-12-9-7-5-3-2-4-6-8-10-14-18-21/h6-9,19-20H,2-5,10-17H2,1H3/b8-6-,9-7-. The van der Waals surface area contributed by atoms with E-state index in [1.54, 1.807) is 0 Å². The highest BCUT2D eigenvalue weighted by Crippen LogP contribution is 2.15. The molecule has 0 bridgehead atoms. The minimum atomic E-state index is 0.634. The lowest BCUT2D eigenvalue weighted by molar-refractivity contribution is -0.107. The molecule has 2 nitrogen and oxygen atoms in total. The van der Waals surface area contributed by atoms with E-state index in [0.29, 0.717) is 6.42 Å². The molecule has 22 heavy (non-hydrogen) atoms. The molecule has 0 saturated carbocycles. The van der Waals surface area contributed by atoms with Gasteiger partial charge in [0.15, 0.2) is 0 Å². The lowest BCUT2D eigenvalue weighted by Gasteiger charge is -2.08. The number of unbranched alkanes of at least 4 members (excludes halogenated alkanes) is 6. The maximum absolute atomic E-state index is 10.2. The molecule has 1 atom stereocenters. The second-order valence-corrected chi connectivity index (χ2v) is 6.06. The van der Waals surface area contributed by atoms with Crippen molar-refractivity contribution in [1.29, 1.82) is 5.26 Å². The zero-order valence-electron chi connectivity index (χ0n) is 14.3. The van der Waals surface area contributed by atoms with Crippen molar-refractivity contribution >= 4 is 6.29 Å². The van der Waals surface area contributed by atoms with Crippen LogP contribution in [0.15, 0.2) is 24.3 Å². The van der Waals surface area contributed by atoms with Crippen LogP contribution in [0.25, 0.3) is 0 Å². The van der Waals surface area contributed by atoms with E-state index in [1.807, 2.05) is 0 Å². The van der Waals surface area contributed by atoms with Crippen LogP contribution in [-0.2, 0) is 4.79 Å². The first-order valence-electron chi connectivity index (χ1n) is 8.91. The monoisotopic (exact) mass is 303 g/mol. The lowest BCUT2D eigenvalue weighted by Crippen LogP contribution is -1.94. The highest BCUT2D eigenvalue weighted by Gasteiger charge is 2.00. The van der Waals surface area contributed by atoms with Gasteiger partial charge >= 0.3 is 0 Å². The molecule has 0 fully saturated rings. The van der Waals surface area contributed by atoms with E-state index >= 15 is 0 Å². The number of carbonyl (C=O) groups is 1. The third kappa shape index (κ3) is 16.7. The largest absolute Gasteiger partial charge is 0.303 e. The van der Waals surface area contributed by atoms with Gasteiger partial charge in [-0.2, -0.15) is 5.26 Å². The van der Waals surface area contributed by atoms with E-state index in [4.69, 9.17) is 5.26 Å². The van der Waals surface area contributed by atoms with Crippen LogP contribution in [0.5, 0.6) is 0 Å². The van der Waals surface area contributed by atoms with Crippen molar-refractivity contribution < 1.29 is 4.79 Å². The summed E-state index contributed by atoms with van der Waals surface area (Å²) in [5, 5.41) is 8.40. The van der Waals surface area contributed by atoms with Gasteiger partial charge in [0, 0.05) is 12.8 Å². The van der Waals surface area contributed by atoms with E-state index < -0.39 is 0 Å². The van der Waals surface area contributed by atoms with Crippen LogP contribution in [0.4, 0.5) is 0 Å². The highest BCUT2D eigenvalue weighted by molar-refractivity contribution is 5.48. The first-order valence-corrected chi connectivity index (χ1v) is 8.91. The van der Waals surface area contributed by atoms with Crippen molar-refractivity contribution in [1.82, 2.24) is 0 Å². The summed E-state index contributed by atoms with van der Waals surface area (Å²) < 4.78 is 0. The van der Waals surface area contributed by atoms with Crippen LogP contribution in [0.2, 0.25) is 0 Å². The molecular weight excluding hydrogens is 270 g/mol. The Kier molecular flexibility index (Phi) is 16.6. The summed E-state index contributed by atoms with van der Waals surface area (Å²) in [6.45, 7) is 2.31. The molecule has 0 saturated heterocycles. The molecule has 2 heteroatoms. The summed E-state index contributed by atoms with van der Waals surface area (Å²) in [4.78, 5) is 10.2. The Labute approximate surface area is 137 Å². The molecular formula is C20H33NO. The molecule has 0 spiro atoms. The Hall–Kier alpha value is -1.36. The Bertz CT molecular complexity index is 338. The zero-order valence-corrected chi connectivity index (χ0v) is 14.3. The smallest absolute Gasteiger partial charge is 0.119 e. The predicted molar refractivity (Wildman–Crippen MR) is 94.5 cm³/mol. The van der Waals surface area contributed by atoms with Crippen molar-refractivity contribution in [3.8, 4) is 6.07 Å². The molecule has 0 N–H and O–H groups in total. The maximum Gasteiger partial charge on any atom is 0.119 e. The molecule has 0 aliphatic rings. The van der Waals surface area contributed by atoms with Gasteiger partial charge in [0.25, 0.3) is 0 Å². The number of nitrogens with zero attached hydrogens (tertiary/aromatic N) is 1. The lowest BCUT2D eigenvalue weighted by atomic mass is 9.98. The molecule has 124 valence electrons. The normalized spacial score (nSPS) is 12.7. The van der Waals surface area contributed by atoms with Gasteiger partial charge in [0.05, 0.1) is 6.07 Å². The zero-order chi connectivity index (χ0) is 16.3.